The van der Waals surface area contributed by atoms with Gasteiger partial charge < -0.3 is 5.32 Å². The Morgan fingerprint density at radius 2 is 2.17 bits per heavy atom. The summed E-state index contributed by atoms with van der Waals surface area (Å²) in [5, 5.41) is 16.3. The molecule has 92 valence electrons. The average Bonchev–Trinajstić information content (AvgIpc) is 2.77. The van der Waals surface area contributed by atoms with Gasteiger partial charge in [0.1, 0.15) is 11.9 Å². The second kappa shape index (κ2) is 5.76. The van der Waals surface area contributed by atoms with Crippen molar-refractivity contribution < 1.29 is 4.39 Å². The minimum Gasteiger partial charge on any atom is -0.309 e. The van der Waals surface area contributed by atoms with Crippen molar-refractivity contribution in [1.29, 1.82) is 5.26 Å². The number of thiophene rings is 1. The lowest BCUT2D eigenvalue weighted by molar-refractivity contribution is 0.621. The van der Waals surface area contributed by atoms with Crippen LogP contribution in [0.2, 0.25) is 0 Å². The molecule has 1 heterocycles. The van der Waals surface area contributed by atoms with E-state index in [4.69, 9.17) is 5.26 Å². The molecular formula is C14H13FN2S. The van der Waals surface area contributed by atoms with Gasteiger partial charge in [0.05, 0.1) is 5.56 Å². The average molecular weight is 260 g/mol. The quantitative estimate of drug-likeness (QED) is 0.915. The van der Waals surface area contributed by atoms with Crippen LogP contribution in [0.25, 0.3) is 0 Å². The summed E-state index contributed by atoms with van der Waals surface area (Å²) in [5.74, 6) is -0.463. The van der Waals surface area contributed by atoms with Crippen LogP contribution < -0.4 is 5.32 Å². The van der Waals surface area contributed by atoms with Crippen molar-refractivity contribution in [3.63, 3.8) is 0 Å². The summed E-state index contributed by atoms with van der Waals surface area (Å²) >= 11 is 1.69. The Hall–Kier alpha value is -1.70. The highest BCUT2D eigenvalue weighted by atomic mass is 32.1. The van der Waals surface area contributed by atoms with Crippen LogP contribution in [0.5, 0.6) is 0 Å². The summed E-state index contributed by atoms with van der Waals surface area (Å²) in [7, 11) is 0. The number of hydrogen-bond acceptors (Lipinski definition) is 3. The molecule has 0 bridgehead atoms. The molecule has 0 radical (unpaired) electrons. The van der Waals surface area contributed by atoms with Gasteiger partial charge in [0.25, 0.3) is 0 Å². The molecule has 2 nitrogen and oxygen atoms in total. The minimum atomic E-state index is -0.463. The predicted octanol–water partition coefficient (Wildman–Crippen LogP) is 3.36. The number of nitrogens with one attached hydrogen (secondary N) is 1. The van der Waals surface area contributed by atoms with Gasteiger partial charge in [-0.1, -0.05) is 6.07 Å². The molecule has 18 heavy (non-hydrogen) atoms. The van der Waals surface area contributed by atoms with Crippen molar-refractivity contribution in [1.82, 2.24) is 5.32 Å². The van der Waals surface area contributed by atoms with E-state index in [2.05, 4.69) is 23.0 Å². The molecule has 0 saturated heterocycles. The first-order chi connectivity index (χ1) is 8.70. The van der Waals surface area contributed by atoms with Crippen LogP contribution in [0.1, 0.15) is 22.3 Å². The van der Waals surface area contributed by atoms with E-state index in [9.17, 15) is 4.39 Å². The Morgan fingerprint density at radius 3 is 2.83 bits per heavy atom. The summed E-state index contributed by atoms with van der Waals surface area (Å²) < 4.78 is 13.1. The van der Waals surface area contributed by atoms with Crippen molar-refractivity contribution in [2.24, 2.45) is 0 Å². The standard InChI is InChI=1S/C14H13FN2S/c1-10-8-18-9-13(10)7-17-6-11-2-3-14(15)12(4-11)5-16/h2-4,8-9,17H,6-7H2,1H3. The lowest BCUT2D eigenvalue weighted by atomic mass is 10.1. The van der Waals surface area contributed by atoms with Crippen LogP contribution >= 0.6 is 11.3 Å². The normalized spacial score (nSPS) is 10.3. The van der Waals surface area contributed by atoms with Crippen molar-refractivity contribution >= 4 is 11.3 Å². The maximum absolute atomic E-state index is 13.1. The summed E-state index contributed by atoms with van der Waals surface area (Å²) in [6.07, 6.45) is 0. The third-order valence-corrected chi connectivity index (χ3v) is 3.67. The number of benzene rings is 1. The van der Waals surface area contributed by atoms with E-state index in [1.165, 1.54) is 17.2 Å². The van der Waals surface area contributed by atoms with Gasteiger partial charge in [0.2, 0.25) is 0 Å². The SMILES string of the molecule is Cc1cscc1CNCc1ccc(F)c(C#N)c1. The number of hydrogen-bond donors (Lipinski definition) is 1. The minimum absolute atomic E-state index is 0.0982. The first kappa shape index (κ1) is 12.7. The van der Waals surface area contributed by atoms with Gasteiger partial charge in [-0.15, -0.1) is 0 Å². The van der Waals surface area contributed by atoms with Crippen LogP contribution in [0.4, 0.5) is 4.39 Å². The predicted molar refractivity (Wildman–Crippen MR) is 70.7 cm³/mol. The fourth-order valence-corrected chi connectivity index (χ4v) is 2.53. The summed E-state index contributed by atoms with van der Waals surface area (Å²) in [6.45, 7) is 3.50. The summed E-state index contributed by atoms with van der Waals surface area (Å²) in [4.78, 5) is 0. The number of aryl methyl sites for hydroxylation is 1. The number of rotatable bonds is 4. The van der Waals surface area contributed by atoms with E-state index in [0.717, 1.165) is 12.1 Å². The molecular weight excluding hydrogens is 247 g/mol. The number of halogens is 1. The largest absolute Gasteiger partial charge is 0.309 e. The molecule has 0 atom stereocenters. The van der Waals surface area contributed by atoms with Crippen LogP contribution in [0.15, 0.2) is 29.0 Å². The fraction of sp³-hybridized carbons (Fsp3) is 0.214. The molecule has 0 aliphatic rings. The number of nitrogens with zero attached hydrogens (tertiary/aromatic N) is 1. The Kier molecular flexibility index (Phi) is 4.08. The monoisotopic (exact) mass is 260 g/mol. The maximum atomic E-state index is 13.1. The Morgan fingerprint density at radius 1 is 1.33 bits per heavy atom. The Balaban J connectivity index is 1.95. The zero-order valence-corrected chi connectivity index (χ0v) is 10.9. The van der Waals surface area contributed by atoms with E-state index in [-0.39, 0.29) is 5.56 Å². The molecule has 1 aromatic heterocycles. The first-order valence-electron chi connectivity index (χ1n) is 5.61. The lowest BCUT2D eigenvalue weighted by Gasteiger charge is -2.05. The highest BCUT2D eigenvalue weighted by Crippen LogP contribution is 2.14. The van der Waals surface area contributed by atoms with E-state index >= 15 is 0 Å². The summed E-state index contributed by atoms with van der Waals surface area (Å²) in [5.41, 5.74) is 3.58. The smallest absolute Gasteiger partial charge is 0.140 e. The Labute approximate surface area is 110 Å². The molecule has 2 rings (SSSR count). The Bertz CT molecular complexity index is 584. The molecule has 4 heteroatoms. The first-order valence-corrected chi connectivity index (χ1v) is 6.56. The third-order valence-electron chi connectivity index (χ3n) is 2.76. The fourth-order valence-electron chi connectivity index (χ4n) is 1.68. The molecule has 0 aliphatic heterocycles. The molecule has 1 N–H and O–H groups in total. The molecule has 0 saturated carbocycles. The zero-order valence-electron chi connectivity index (χ0n) is 10.0. The van der Waals surface area contributed by atoms with E-state index in [1.807, 2.05) is 6.07 Å². The van der Waals surface area contributed by atoms with E-state index < -0.39 is 5.82 Å². The van der Waals surface area contributed by atoms with E-state index in [0.29, 0.717) is 6.54 Å². The lowest BCUT2D eigenvalue weighted by Crippen LogP contribution is -2.13. The van der Waals surface area contributed by atoms with Gasteiger partial charge in [-0.05, 0) is 46.5 Å². The van der Waals surface area contributed by atoms with E-state index in [1.54, 1.807) is 23.5 Å². The molecule has 0 aliphatic carbocycles. The number of nitriles is 1. The van der Waals surface area contributed by atoms with Crippen molar-refractivity contribution in [2.75, 3.05) is 0 Å². The van der Waals surface area contributed by atoms with Gasteiger partial charge in [0, 0.05) is 13.1 Å². The third kappa shape index (κ3) is 2.95. The van der Waals surface area contributed by atoms with Gasteiger partial charge in [-0.25, -0.2) is 4.39 Å². The summed E-state index contributed by atoms with van der Waals surface area (Å²) in [6, 6.07) is 6.47. The van der Waals surface area contributed by atoms with Crippen molar-refractivity contribution in [3.8, 4) is 6.07 Å². The maximum Gasteiger partial charge on any atom is 0.140 e. The molecule has 1 aromatic carbocycles. The highest BCUT2D eigenvalue weighted by molar-refractivity contribution is 7.08. The van der Waals surface area contributed by atoms with Gasteiger partial charge in [-0.2, -0.15) is 16.6 Å². The van der Waals surface area contributed by atoms with Gasteiger partial charge in [0.15, 0.2) is 0 Å². The zero-order chi connectivity index (χ0) is 13.0. The van der Waals surface area contributed by atoms with Gasteiger partial charge in [-0.3, -0.25) is 0 Å². The van der Waals surface area contributed by atoms with Crippen LogP contribution in [0.3, 0.4) is 0 Å². The van der Waals surface area contributed by atoms with Crippen molar-refractivity contribution in [2.45, 2.75) is 20.0 Å². The van der Waals surface area contributed by atoms with Crippen LogP contribution in [0, 0.1) is 24.1 Å². The van der Waals surface area contributed by atoms with Crippen molar-refractivity contribution in [3.05, 3.63) is 57.0 Å². The molecule has 0 unspecified atom stereocenters. The highest BCUT2D eigenvalue weighted by Gasteiger charge is 2.03. The van der Waals surface area contributed by atoms with Crippen LogP contribution in [-0.4, -0.2) is 0 Å². The molecule has 0 fully saturated rings. The molecule has 0 spiro atoms. The van der Waals surface area contributed by atoms with Crippen LogP contribution in [-0.2, 0) is 13.1 Å². The second-order valence-electron chi connectivity index (χ2n) is 4.11. The van der Waals surface area contributed by atoms with Gasteiger partial charge >= 0.3 is 0 Å². The topological polar surface area (TPSA) is 35.8 Å². The molecule has 0 amide bonds. The molecule has 2 aromatic rings. The second-order valence-corrected chi connectivity index (χ2v) is 4.85.